The molecule has 0 saturated carbocycles. The lowest BCUT2D eigenvalue weighted by atomic mass is 10.2. The summed E-state index contributed by atoms with van der Waals surface area (Å²) in [6, 6.07) is -0.406. The molecule has 19 heavy (non-hydrogen) atoms. The molecule has 110 valence electrons. The second kappa shape index (κ2) is 7.99. The van der Waals surface area contributed by atoms with Crippen molar-refractivity contribution in [3.63, 3.8) is 0 Å². The van der Waals surface area contributed by atoms with Gasteiger partial charge in [-0.2, -0.15) is 0 Å². The van der Waals surface area contributed by atoms with Gasteiger partial charge in [0.1, 0.15) is 6.04 Å². The second-order valence-electron chi connectivity index (χ2n) is 5.11. The van der Waals surface area contributed by atoms with Gasteiger partial charge < -0.3 is 14.8 Å². The van der Waals surface area contributed by atoms with Gasteiger partial charge in [-0.3, -0.25) is 9.69 Å². The van der Waals surface area contributed by atoms with Gasteiger partial charge in [0.05, 0.1) is 13.2 Å². The van der Waals surface area contributed by atoms with Gasteiger partial charge in [0.15, 0.2) is 0 Å². The Hall–Kier alpha value is -1.30. The molecule has 0 aliphatic carbocycles. The first kappa shape index (κ1) is 15.8. The molecule has 1 saturated heterocycles. The molecule has 0 aromatic carbocycles. The lowest BCUT2D eigenvalue weighted by Crippen LogP contribution is -2.46. The summed E-state index contributed by atoms with van der Waals surface area (Å²) in [5, 5.41) is 2.76. The number of methoxy groups -OCH3 is 1. The lowest BCUT2D eigenvalue weighted by Gasteiger charge is -2.23. The van der Waals surface area contributed by atoms with Crippen LogP contribution in [0.25, 0.3) is 0 Å². The van der Waals surface area contributed by atoms with Gasteiger partial charge in [-0.25, -0.2) is 4.79 Å². The third kappa shape index (κ3) is 5.06. The number of nitrogens with zero attached hydrogens (tertiary/aromatic N) is 1. The monoisotopic (exact) mass is 272 g/mol. The summed E-state index contributed by atoms with van der Waals surface area (Å²) in [7, 11) is 1.58. The highest BCUT2D eigenvalue weighted by molar-refractivity contribution is 5.86. The Labute approximate surface area is 114 Å². The van der Waals surface area contributed by atoms with E-state index in [1.165, 1.54) is 4.90 Å². The van der Waals surface area contributed by atoms with Gasteiger partial charge in [-0.05, 0) is 18.8 Å². The molecule has 2 amide bonds. The first-order valence-electron chi connectivity index (χ1n) is 6.76. The maximum Gasteiger partial charge on any atom is 0.410 e. The van der Waals surface area contributed by atoms with Crippen molar-refractivity contribution in [2.75, 3.05) is 33.4 Å². The van der Waals surface area contributed by atoms with Crippen LogP contribution in [0.3, 0.4) is 0 Å². The van der Waals surface area contributed by atoms with Crippen LogP contribution in [0.4, 0.5) is 4.79 Å². The summed E-state index contributed by atoms with van der Waals surface area (Å²) in [5.41, 5.74) is 0. The molecular formula is C13H24N2O4. The number of rotatable bonds is 6. The molecule has 6 heteroatoms. The highest BCUT2D eigenvalue weighted by atomic mass is 16.6. The average molecular weight is 272 g/mol. The fourth-order valence-corrected chi connectivity index (χ4v) is 1.97. The minimum atomic E-state index is -0.406. The van der Waals surface area contributed by atoms with Crippen LogP contribution in [0, 0.1) is 5.92 Å². The predicted molar refractivity (Wildman–Crippen MR) is 70.8 cm³/mol. The van der Waals surface area contributed by atoms with E-state index >= 15 is 0 Å². The van der Waals surface area contributed by atoms with Crippen LogP contribution in [-0.2, 0) is 14.3 Å². The zero-order valence-electron chi connectivity index (χ0n) is 12.0. The number of carbonyl (C=O) groups is 2. The van der Waals surface area contributed by atoms with Crippen LogP contribution >= 0.6 is 0 Å². The Morgan fingerprint density at radius 3 is 2.79 bits per heavy atom. The van der Waals surface area contributed by atoms with Crippen LogP contribution < -0.4 is 5.32 Å². The maximum absolute atomic E-state index is 12.0. The summed E-state index contributed by atoms with van der Waals surface area (Å²) in [6.45, 7) is 5.85. The first-order valence-corrected chi connectivity index (χ1v) is 6.76. The molecule has 0 aromatic heterocycles. The van der Waals surface area contributed by atoms with Gasteiger partial charge in [-0.15, -0.1) is 0 Å². The molecule has 0 spiro atoms. The molecule has 1 N–H and O–H groups in total. The summed E-state index contributed by atoms with van der Waals surface area (Å²) in [6.07, 6.45) is 1.13. The SMILES string of the molecule is COCCNC(=O)[C@@H]1CCCN1C(=O)OCC(C)C. The molecule has 1 atom stereocenters. The van der Waals surface area contributed by atoms with E-state index in [1.54, 1.807) is 7.11 Å². The normalized spacial score (nSPS) is 18.7. The fourth-order valence-electron chi connectivity index (χ4n) is 1.97. The minimum Gasteiger partial charge on any atom is -0.449 e. The van der Waals surface area contributed by atoms with Gasteiger partial charge in [-0.1, -0.05) is 13.8 Å². The van der Waals surface area contributed by atoms with E-state index in [4.69, 9.17) is 9.47 Å². The molecule has 1 aliphatic rings. The van der Waals surface area contributed by atoms with E-state index in [2.05, 4.69) is 5.32 Å². The van der Waals surface area contributed by atoms with E-state index in [0.29, 0.717) is 38.6 Å². The third-order valence-electron chi connectivity index (χ3n) is 2.94. The van der Waals surface area contributed by atoms with Crippen molar-refractivity contribution in [1.29, 1.82) is 0 Å². The standard InChI is InChI=1S/C13H24N2O4/c1-10(2)9-19-13(17)15-7-4-5-11(15)12(16)14-6-8-18-3/h10-11H,4-9H2,1-3H3,(H,14,16)/t11-/m0/s1. The Kier molecular flexibility index (Phi) is 6.62. The largest absolute Gasteiger partial charge is 0.449 e. The smallest absolute Gasteiger partial charge is 0.410 e. The summed E-state index contributed by atoms with van der Waals surface area (Å²) < 4.78 is 10.0. The number of amides is 2. The quantitative estimate of drug-likeness (QED) is 0.733. The minimum absolute atomic E-state index is 0.129. The molecule has 1 heterocycles. The summed E-state index contributed by atoms with van der Waals surface area (Å²) in [4.78, 5) is 25.4. The van der Waals surface area contributed by atoms with E-state index in [0.717, 1.165) is 6.42 Å². The van der Waals surface area contributed by atoms with Crippen molar-refractivity contribution in [3.05, 3.63) is 0 Å². The Morgan fingerprint density at radius 2 is 2.16 bits per heavy atom. The maximum atomic E-state index is 12.0. The Balaban J connectivity index is 2.44. The molecule has 0 aromatic rings. The Bertz CT molecular complexity index is 307. The van der Waals surface area contributed by atoms with Crippen LogP contribution in [-0.4, -0.2) is 56.4 Å². The van der Waals surface area contributed by atoms with Crippen LogP contribution in [0.1, 0.15) is 26.7 Å². The van der Waals surface area contributed by atoms with Crippen molar-refractivity contribution < 1.29 is 19.1 Å². The van der Waals surface area contributed by atoms with Crippen molar-refractivity contribution in [2.24, 2.45) is 5.92 Å². The molecule has 0 radical (unpaired) electrons. The summed E-state index contributed by atoms with van der Waals surface area (Å²) in [5.74, 6) is 0.163. The molecule has 1 rings (SSSR count). The molecule has 1 fully saturated rings. The number of hydrogen-bond donors (Lipinski definition) is 1. The molecule has 6 nitrogen and oxygen atoms in total. The number of carbonyl (C=O) groups excluding carboxylic acids is 2. The zero-order chi connectivity index (χ0) is 14.3. The zero-order valence-corrected chi connectivity index (χ0v) is 12.0. The molecular weight excluding hydrogens is 248 g/mol. The van der Waals surface area contributed by atoms with E-state index in [-0.39, 0.29) is 5.91 Å². The van der Waals surface area contributed by atoms with Crippen molar-refractivity contribution >= 4 is 12.0 Å². The highest BCUT2D eigenvalue weighted by Gasteiger charge is 2.34. The molecule has 0 unspecified atom stereocenters. The van der Waals surface area contributed by atoms with Crippen LogP contribution in [0.15, 0.2) is 0 Å². The number of ether oxygens (including phenoxy) is 2. The van der Waals surface area contributed by atoms with E-state index in [9.17, 15) is 9.59 Å². The van der Waals surface area contributed by atoms with Crippen molar-refractivity contribution in [3.8, 4) is 0 Å². The van der Waals surface area contributed by atoms with E-state index in [1.807, 2.05) is 13.8 Å². The molecule has 1 aliphatic heterocycles. The predicted octanol–water partition coefficient (Wildman–Crippen LogP) is 1.01. The topological polar surface area (TPSA) is 67.9 Å². The van der Waals surface area contributed by atoms with Crippen LogP contribution in [0.2, 0.25) is 0 Å². The number of hydrogen-bond acceptors (Lipinski definition) is 4. The average Bonchev–Trinajstić information content (AvgIpc) is 2.85. The highest BCUT2D eigenvalue weighted by Crippen LogP contribution is 2.18. The van der Waals surface area contributed by atoms with Crippen molar-refractivity contribution in [1.82, 2.24) is 10.2 Å². The lowest BCUT2D eigenvalue weighted by molar-refractivity contribution is -0.125. The Morgan fingerprint density at radius 1 is 1.42 bits per heavy atom. The second-order valence-corrected chi connectivity index (χ2v) is 5.11. The van der Waals surface area contributed by atoms with Crippen molar-refractivity contribution in [2.45, 2.75) is 32.7 Å². The summed E-state index contributed by atoms with van der Waals surface area (Å²) >= 11 is 0. The fraction of sp³-hybridized carbons (Fsp3) is 0.846. The number of likely N-dealkylation sites (tertiary alicyclic amines) is 1. The van der Waals surface area contributed by atoms with Gasteiger partial charge in [0.2, 0.25) is 5.91 Å². The third-order valence-corrected chi connectivity index (χ3v) is 2.94. The van der Waals surface area contributed by atoms with Gasteiger partial charge in [0, 0.05) is 20.2 Å². The van der Waals surface area contributed by atoms with Gasteiger partial charge >= 0.3 is 6.09 Å². The first-order chi connectivity index (χ1) is 9.06. The van der Waals surface area contributed by atoms with E-state index < -0.39 is 12.1 Å². The molecule has 0 bridgehead atoms. The number of nitrogens with one attached hydrogen (secondary N) is 1. The van der Waals surface area contributed by atoms with Gasteiger partial charge in [0.25, 0.3) is 0 Å². The van der Waals surface area contributed by atoms with Crippen LogP contribution in [0.5, 0.6) is 0 Å².